The number of pyridine rings is 1. The minimum absolute atomic E-state index is 0.0820. The van der Waals surface area contributed by atoms with Crippen molar-refractivity contribution in [1.82, 2.24) is 10.3 Å². The van der Waals surface area contributed by atoms with E-state index in [9.17, 15) is 9.59 Å². The van der Waals surface area contributed by atoms with E-state index in [1.165, 1.54) is 0 Å². The van der Waals surface area contributed by atoms with Gasteiger partial charge in [-0.3, -0.25) is 9.78 Å². The van der Waals surface area contributed by atoms with Gasteiger partial charge in [-0.2, -0.15) is 0 Å². The highest BCUT2D eigenvalue weighted by molar-refractivity contribution is 5.99. The van der Waals surface area contributed by atoms with Crippen LogP contribution >= 0.6 is 0 Å². The summed E-state index contributed by atoms with van der Waals surface area (Å²) < 4.78 is 5.24. The van der Waals surface area contributed by atoms with Crippen LogP contribution in [0.1, 0.15) is 61.1 Å². The predicted molar refractivity (Wildman–Crippen MR) is 103 cm³/mol. The second-order valence-corrected chi connectivity index (χ2v) is 6.75. The van der Waals surface area contributed by atoms with E-state index in [-0.39, 0.29) is 18.6 Å². The third-order valence-electron chi connectivity index (χ3n) is 4.52. The van der Waals surface area contributed by atoms with Crippen molar-refractivity contribution in [2.75, 3.05) is 6.61 Å². The lowest BCUT2D eigenvalue weighted by atomic mass is 10.0. The maximum Gasteiger partial charge on any atom is 0.340 e. The number of unbranched alkanes of at least 4 members (excludes halogenated alkanes) is 2. The Labute approximate surface area is 155 Å². The number of rotatable bonds is 8. The van der Waals surface area contributed by atoms with Gasteiger partial charge in [-0.15, -0.1) is 0 Å². The molecule has 0 bridgehead atoms. The van der Waals surface area contributed by atoms with Gasteiger partial charge in [0.05, 0.1) is 16.8 Å². The molecule has 2 aromatic rings. The van der Waals surface area contributed by atoms with E-state index < -0.39 is 5.97 Å². The molecule has 1 N–H and O–H groups in total. The van der Waals surface area contributed by atoms with Crippen LogP contribution in [0.15, 0.2) is 24.3 Å². The summed E-state index contributed by atoms with van der Waals surface area (Å²) in [6, 6.07) is 7.75. The third-order valence-corrected chi connectivity index (χ3v) is 4.52. The van der Waals surface area contributed by atoms with Crippen molar-refractivity contribution in [1.29, 1.82) is 0 Å². The highest BCUT2D eigenvalue weighted by Crippen LogP contribution is 2.23. The van der Waals surface area contributed by atoms with Crippen LogP contribution in [-0.4, -0.2) is 29.5 Å². The topological polar surface area (TPSA) is 68.3 Å². The fourth-order valence-electron chi connectivity index (χ4n) is 3.12. The van der Waals surface area contributed by atoms with Gasteiger partial charge in [0.1, 0.15) is 0 Å². The van der Waals surface area contributed by atoms with Crippen molar-refractivity contribution < 1.29 is 14.3 Å². The molecule has 0 aliphatic heterocycles. The molecule has 1 unspecified atom stereocenters. The van der Waals surface area contributed by atoms with Crippen LogP contribution in [0.25, 0.3) is 10.9 Å². The molecule has 1 atom stereocenters. The number of fused-ring (bicyclic) bond motifs is 1. The van der Waals surface area contributed by atoms with Gasteiger partial charge in [-0.1, -0.05) is 44.4 Å². The Kier molecular flexibility index (Phi) is 7.13. The molecule has 0 saturated carbocycles. The van der Waals surface area contributed by atoms with E-state index in [2.05, 4.69) is 17.2 Å². The maximum atomic E-state index is 12.5. The largest absolute Gasteiger partial charge is 0.452 e. The molecule has 1 aromatic carbocycles. The average molecular weight is 356 g/mol. The Morgan fingerprint density at radius 3 is 2.65 bits per heavy atom. The standard InChI is InChI=1S/C21H28N2O3/c1-5-6-7-10-14(2)22-19(24)13-26-21(25)20-15(3)17-11-8-9-12-18(17)23-16(20)4/h8-9,11-12,14H,5-7,10,13H2,1-4H3,(H,22,24). The summed E-state index contributed by atoms with van der Waals surface area (Å²) in [4.78, 5) is 29.0. The number of carbonyl (C=O) groups is 2. The number of ether oxygens (including phenoxy) is 1. The summed E-state index contributed by atoms with van der Waals surface area (Å²) in [6.07, 6.45) is 4.32. The normalized spacial score (nSPS) is 12.0. The molecule has 0 aliphatic carbocycles. The Balaban J connectivity index is 1.98. The summed E-state index contributed by atoms with van der Waals surface area (Å²) in [6.45, 7) is 7.50. The number of hydrogen-bond donors (Lipinski definition) is 1. The van der Waals surface area contributed by atoms with Crippen molar-refractivity contribution in [2.24, 2.45) is 0 Å². The first kappa shape index (κ1) is 19.9. The van der Waals surface area contributed by atoms with Gasteiger partial charge in [0.2, 0.25) is 0 Å². The number of carbonyl (C=O) groups excluding carboxylic acids is 2. The molecule has 1 aromatic heterocycles. The second kappa shape index (κ2) is 9.32. The Morgan fingerprint density at radius 2 is 1.92 bits per heavy atom. The molecule has 2 rings (SSSR count). The van der Waals surface area contributed by atoms with Gasteiger partial charge in [0.25, 0.3) is 5.91 Å². The van der Waals surface area contributed by atoms with Crippen molar-refractivity contribution in [3.05, 3.63) is 41.1 Å². The maximum absolute atomic E-state index is 12.5. The molecular formula is C21H28N2O3. The van der Waals surface area contributed by atoms with Crippen LogP contribution in [0.3, 0.4) is 0 Å². The summed E-state index contributed by atoms with van der Waals surface area (Å²) in [5, 5.41) is 3.79. The van der Waals surface area contributed by atoms with Crippen LogP contribution < -0.4 is 5.32 Å². The van der Waals surface area contributed by atoms with E-state index in [1.807, 2.05) is 38.1 Å². The second-order valence-electron chi connectivity index (χ2n) is 6.75. The number of hydrogen-bond acceptors (Lipinski definition) is 4. The van der Waals surface area contributed by atoms with Gasteiger partial charge in [-0.25, -0.2) is 4.79 Å². The summed E-state index contributed by atoms with van der Waals surface area (Å²) >= 11 is 0. The molecule has 5 heteroatoms. The first-order chi connectivity index (χ1) is 12.4. The Morgan fingerprint density at radius 1 is 1.19 bits per heavy atom. The van der Waals surface area contributed by atoms with Crippen molar-refractivity contribution in [3.63, 3.8) is 0 Å². The number of aromatic nitrogens is 1. The first-order valence-electron chi connectivity index (χ1n) is 9.26. The summed E-state index contributed by atoms with van der Waals surface area (Å²) in [5.41, 5.74) is 2.72. The number of benzene rings is 1. The molecule has 0 spiro atoms. The highest BCUT2D eigenvalue weighted by atomic mass is 16.5. The number of esters is 1. The molecule has 1 amide bonds. The van der Waals surface area contributed by atoms with Crippen molar-refractivity contribution in [2.45, 2.75) is 59.4 Å². The molecule has 5 nitrogen and oxygen atoms in total. The van der Waals surface area contributed by atoms with Crippen molar-refractivity contribution in [3.8, 4) is 0 Å². The summed E-state index contributed by atoms with van der Waals surface area (Å²) in [5.74, 6) is -0.779. The molecule has 0 fully saturated rings. The lowest BCUT2D eigenvalue weighted by Gasteiger charge is -2.15. The molecule has 0 aliphatic rings. The molecule has 140 valence electrons. The Bertz CT molecular complexity index is 786. The van der Waals surface area contributed by atoms with Crippen LogP contribution in [-0.2, 0) is 9.53 Å². The van der Waals surface area contributed by atoms with Gasteiger partial charge in [-0.05, 0) is 38.8 Å². The fraction of sp³-hybridized carbons (Fsp3) is 0.476. The van der Waals surface area contributed by atoms with E-state index in [1.54, 1.807) is 6.92 Å². The zero-order valence-corrected chi connectivity index (χ0v) is 16.1. The van der Waals surface area contributed by atoms with E-state index >= 15 is 0 Å². The molecular weight excluding hydrogens is 328 g/mol. The van der Waals surface area contributed by atoms with Crippen LogP contribution in [0, 0.1) is 13.8 Å². The van der Waals surface area contributed by atoms with E-state index in [4.69, 9.17) is 4.74 Å². The van der Waals surface area contributed by atoms with E-state index in [0.717, 1.165) is 42.1 Å². The minimum atomic E-state index is -0.507. The number of aryl methyl sites for hydroxylation is 2. The average Bonchev–Trinajstić information content (AvgIpc) is 2.60. The zero-order valence-electron chi connectivity index (χ0n) is 16.1. The molecule has 0 saturated heterocycles. The summed E-state index contributed by atoms with van der Waals surface area (Å²) in [7, 11) is 0. The quantitative estimate of drug-likeness (QED) is 0.571. The number of para-hydroxylation sites is 1. The van der Waals surface area contributed by atoms with Crippen LogP contribution in [0.4, 0.5) is 0 Å². The molecule has 0 radical (unpaired) electrons. The fourth-order valence-corrected chi connectivity index (χ4v) is 3.12. The minimum Gasteiger partial charge on any atom is -0.452 e. The monoisotopic (exact) mass is 356 g/mol. The van der Waals surface area contributed by atoms with Gasteiger partial charge in [0, 0.05) is 11.4 Å². The number of nitrogens with one attached hydrogen (secondary N) is 1. The lowest BCUT2D eigenvalue weighted by Crippen LogP contribution is -2.36. The third kappa shape index (κ3) is 5.04. The number of amides is 1. The zero-order chi connectivity index (χ0) is 19.1. The van der Waals surface area contributed by atoms with Gasteiger partial charge >= 0.3 is 5.97 Å². The van der Waals surface area contributed by atoms with E-state index in [0.29, 0.717) is 11.3 Å². The molecule has 26 heavy (non-hydrogen) atoms. The predicted octanol–water partition coefficient (Wildman–Crippen LogP) is 4.09. The highest BCUT2D eigenvalue weighted by Gasteiger charge is 2.19. The smallest absolute Gasteiger partial charge is 0.340 e. The van der Waals surface area contributed by atoms with Gasteiger partial charge in [0.15, 0.2) is 6.61 Å². The Hall–Kier alpha value is -2.43. The SMILES string of the molecule is CCCCCC(C)NC(=O)COC(=O)c1c(C)nc2ccccc2c1C. The molecule has 1 heterocycles. The number of nitrogens with zero attached hydrogens (tertiary/aromatic N) is 1. The first-order valence-corrected chi connectivity index (χ1v) is 9.26. The van der Waals surface area contributed by atoms with Crippen molar-refractivity contribution >= 4 is 22.8 Å². The lowest BCUT2D eigenvalue weighted by molar-refractivity contribution is -0.124. The van der Waals surface area contributed by atoms with Gasteiger partial charge < -0.3 is 10.1 Å². The van der Waals surface area contributed by atoms with Crippen LogP contribution in [0.5, 0.6) is 0 Å². The van der Waals surface area contributed by atoms with Crippen LogP contribution in [0.2, 0.25) is 0 Å².